The average molecular weight is 168 g/mol. The highest BCUT2D eigenvalue weighted by Gasteiger charge is 1.99. The molecular formula is C10H20N2. The minimum absolute atomic E-state index is 0.777. The maximum absolute atomic E-state index is 5.25. The summed E-state index contributed by atoms with van der Waals surface area (Å²) in [4.78, 5) is 2.29. The van der Waals surface area contributed by atoms with E-state index in [0.29, 0.717) is 0 Å². The van der Waals surface area contributed by atoms with E-state index in [4.69, 9.17) is 6.42 Å². The highest BCUT2D eigenvalue weighted by atomic mass is 15.1. The van der Waals surface area contributed by atoms with E-state index in [1.807, 2.05) is 0 Å². The van der Waals surface area contributed by atoms with Crippen molar-refractivity contribution < 1.29 is 0 Å². The lowest BCUT2D eigenvalue weighted by Gasteiger charge is -2.18. The molecule has 1 N–H and O–H groups in total. The zero-order valence-corrected chi connectivity index (χ0v) is 8.27. The first kappa shape index (κ1) is 11.5. The summed E-state index contributed by atoms with van der Waals surface area (Å²) in [6, 6.07) is 0. The number of likely N-dealkylation sites (N-methyl/N-ethyl adjacent to an activating group) is 1. The van der Waals surface area contributed by atoms with Gasteiger partial charge in [0.05, 0.1) is 6.54 Å². The summed E-state index contributed by atoms with van der Waals surface area (Å²) in [5, 5.41) is 3.29. The van der Waals surface area contributed by atoms with E-state index in [-0.39, 0.29) is 0 Å². The summed E-state index contributed by atoms with van der Waals surface area (Å²) in [6.45, 7) is 9.32. The lowest BCUT2D eigenvalue weighted by atomic mass is 10.4. The molecule has 2 heteroatoms. The summed E-state index contributed by atoms with van der Waals surface area (Å²) < 4.78 is 0. The van der Waals surface area contributed by atoms with Crippen LogP contribution in [0.5, 0.6) is 0 Å². The van der Waals surface area contributed by atoms with Crippen molar-refractivity contribution >= 4 is 0 Å². The van der Waals surface area contributed by atoms with Crippen LogP contribution in [-0.2, 0) is 0 Å². The minimum atomic E-state index is 0.777. The van der Waals surface area contributed by atoms with Crippen LogP contribution >= 0.6 is 0 Å². The number of nitrogens with zero attached hydrogens (tertiary/aromatic N) is 1. The Balaban J connectivity index is 3.42. The summed E-state index contributed by atoms with van der Waals surface area (Å²) >= 11 is 0. The predicted molar refractivity (Wildman–Crippen MR) is 54.1 cm³/mol. The van der Waals surface area contributed by atoms with Crippen molar-refractivity contribution in [1.29, 1.82) is 0 Å². The first-order valence-electron chi connectivity index (χ1n) is 4.71. The van der Waals surface area contributed by atoms with Gasteiger partial charge in [-0.05, 0) is 19.5 Å². The van der Waals surface area contributed by atoms with Gasteiger partial charge < -0.3 is 5.32 Å². The highest BCUT2D eigenvalue weighted by Crippen LogP contribution is 1.88. The maximum Gasteiger partial charge on any atom is 0.0599 e. The quantitative estimate of drug-likeness (QED) is 0.449. The van der Waals surface area contributed by atoms with E-state index in [2.05, 4.69) is 30.0 Å². The Bertz CT molecular complexity index is 126. The topological polar surface area (TPSA) is 15.3 Å². The van der Waals surface area contributed by atoms with Gasteiger partial charge in [0.2, 0.25) is 0 Å². The van der Waals surface area contributed by atoms with Crippen molar-refractivity contribution in [2.24, 2.45) is 0 Å². The van der Waals surface area contributed by atoms with Gasteiger partial charge in [0, 0.05) is 13.1 Å². The van der Waals surface area contributed by atoms with Crippen LogP contribution in [0.3, 0.4) is 0 Å². The van der Waals surface area contributed by atoms with Gasteiger partial charge in [0.15, 0.2) is 0 Å². The molecule has 0 fully saturated rings. The van der Waals surface area contributed by atoms with Crippen molar-refractivity contribution in [2.75, 3.05) is 32.7 Å². The van der Waals surface area contributed by atoms with Crippen LogP contribution in [-0.4, -0.2) is 37.6 Å². The molecule has 12 heavy (non-hydrogen) atoms. The molecule has 0 rings (SSSR count). The Labute approximate surface area is 76.3 Å². The fourth-order valence-corrected chi connectivity index (χ4v) is 1.13. The fraction of sp³-hybridized carbons (Fsp3) is 0.800. The van der Waals surface area contributed by atoms with Crippen molar-refractivity contribution in [3.05, 3.63) is 0 Å². The molecule has 0 saturated heterocycles. The summed E-state index contributed by atoms with van der Waals surface area (Å²) in [5.41, 5.74) is 0. The third-order valence-electron chi connectivity index (χ3n) is 1.71. The Kier molecular flexibility index (Phi) is 8.20. The van der Waals surface area contributed by atoms with Crippen LogP contribution < -0.4 is 5.32 Å². The van der Waals surface area contributed by atoms with Crippen LogP contribution in [0.25, 0.3) is 0 Å². The summed E-state index contributed by atoms with van der Waals surface area (Å²) in [5.74, 6) is 2.68. The lowest BCUT2D eigenvalue weighted by molar-refractivity contribution is 0.307. The van der Waals surface area contributed by atoms with Gasteiger partial charge in [-0.15, -0.1) is 6.42 Å². The number of nitrogens with one attached hydrogen (secondary N) is 1. The van der Waals surface area contributed by atoms with Gasteiger partial charge in [-0.25, -0.2) is 0 Å². The fourth-order valence-electron chi connectivity index (χ4n) is 1.13. The monoisotopic (exact) mass is 168 g/mol. The van der Waals surface area contributed by atoms with Crippen LogP contribution in [0.1, 0.15) is 20.3 Å². The molecule has 0 heterocycles. The van der Waals surface area contributed by atoms with Gasteiger partial charge in [-0.1, -0.05) is 19.8 Å². The number of hydrogen-bond acceptors (Lipinski definition) is 2. The van der Waals surface area contributed by atoms with Gasteiger partial charge in [0.25, 0.3) is 0 Å². The largest absolute Gasteiger partial charge is 0.316 e. The van der Waals surface area contributed by atoms with E-state index in [0.717, 1.165) is 32.7 Å². The molecule has 70 valence electrons. The zero-order chi connectivity index (χ0) is 9.23. The first-order valence-corrected chi connectivity index (χ1v) is 4.71. The third kappa shape index (κ3) is 6.21. The molecule has 0 spiro atoms. The van der Waals surface area contributed by atoms with Crippen LogP contribution in [0.4, 0.5) is 0 Å². The van der Waals surface area contributed by atoms with Gasteiger partial charge in [-0.3, -0.25) is 4.90 Å². The molecule has 0 aliphatic rings. The Morgan fingerprint density at radius 1 is 1.33 bits per heavy atom. The van der Waals surface area contributed by atoms with Crippen LogP contribution in [0, 0.1) is 12.3 Å². The minimum Gasteiger partial charge on any atom is -0.316 e. The smallest absolute Gasteiger partial charge is 0.0599 e. The zero-order valence-electron chi connectivity index (χ0n) is 8.27. The standard InChI is InChI=1S/C10H20N2/c1-4-8-12(9-5-2)10-7-11-6-3/h1,11H,5-10H2,2-3H3. The van der Waals surface area contributed by atoms with Crippen molar-refractivity contribution in [3.8, 4) is 12.3 Å². The van der Waals surface area contributed by atoms with Crippen LogP contribution in [0.15, 0.2) is 0 Å². The molecule has 0 radical (unpaired) electrons. The van der Waals surface area contributed by atoms with E-state index >= 15 is 0 Å². The Morgan fingerprint density at radius 2 is 2.08 bits per heavy atom. The molecular weight excluding hydrogens is 148 g/mol. The molecule has 0 aromatic heterocycles. The number of terminal acetylenes is 1. The van der Waals surface area contributed by atoms with Crippen molar-refractivity contribution in [3.63, 3.8) is 0 Å². The van der Waals surface area contributed by atoms with Crippen LogP contribution in [0.2, 0.25) is 0 Å². The lowest BCUT2D eigenvalue weighted by Crippen LogP contribution is -2.32. The van der Waals surface area contributed by atoms with E-state index in [1.54, 1.807) is 0 Å². The average Bonchev–Trinajstić information content (AvgIpc) is 2.06. The number of rotatable bonds is 7. The molecule has 0 aliphatic carbocycles. The molecule has 0 saturated carbocycles. The highest BCUT2D eigenvalue weighted by molar-refractivity contribution is 4.88. The molecule has 0 bridgehead atoms. The van der Waals surface area contributed by atoms with E-state index < -0.39 is 0 Å². The number of hydrogen-bond donors (Lipinski definition) is 1. The molecule has 0 aliphatic heterocycles. The molecule has 0 amide bonds. The van der Waals surface area contributed by atoms with E-state index in [1.165, 1.54) is 6.42 Å². The molecule has 0 aromatic carbocycles. The molecule has 2 nitrogen and oxygen atoms in total. The second kappa shape index (κ2) is 8.58. The summed E-state index contributed by atoms with van der Waals surface area (Å²) in [6.07, 6.45) is 6.43. The van der Waals surface area contributed by atoms with Gasteiger partial charge in [0.1, 0.15) is 0 Å². The van der Waals surface area contributed by atoms with Crippen molar-refractivity contribution in [2.45, 2.75) is 20.3 Å². The molecule has 0 atom stereocenters. The molecule has 0 aromatic rings. The van der Waals surface area contributed by atoms with Crippen molar-refractivity contribution in [1.82, 2.24) is 10.2 Å². The SMILES string of the molecule is C#CCN(CCC)CCNCC. The molecule has 0 unspecified atom stereocenters. The maximum atomic E-state index is 5.25. The van der Waals surface area contributed by atoms with Gasteiger partial charge in [-0.2, -0.15) is 0 Å². The van der Waals surface area contributed by atoms with Gasteiger partial charge >= 0.3 is 0 Å². The predicted octanol–water partition coefficient (Wildman–Crippen LogP) is 0.941. The normalized spacial score (nSPS) is 10.2. The second-order valence-electron chi connectivity index (χ2n) is 2.83. The second-order valence-corrected chi connectivity index (χ2v) is 2.83. The Morgan fingerprint density at radius 3 is 2.58 bits per heavy atom. The van der Waals surface area contributed by atoms with E-state index in [9.17, 15) is 0 Å². The summed E-state index contributed by atoms with van der Waals surface area (Å²) in [7, 11) is 0. The third-order valence-corrected chi connectivity index (χ3v) is 1.71. The first-order chi connectivity index (χ1) is 5.85. The Hall–Kier alpha value is -0.520.